The zero-order chi connectivity index (χ0) is 8.43. The van der Waals surface area contributed by atoms with Crippen molar-refractivity contribution >= 4 is 11.4 Å². The van der Waals surface area contributed by atoms with Gasteiger partial charge in [0.05, 0.1) is 11.4 Å². The molecule has 11 heavy (non-hydrogen) atoms. The zero-order valence-electron chi connectivity index (χ0n) is 7.10. The molecule has 0 bridgehead atoms. The Kier molecular flexibility index (Phi) is 2.03. The van der Waals surface area contributed by atoms with E-state index in [-0.39, 0.29) is 0 Å². The highest BCUT2D eigenvalue weighted by atomic mass is 14.7. The largest absolute Gasteiger partial charge is 0.298 e. The van der Waals surface area contributed by atoms with Crippen molar-refractivity contribution < 1.29 is 0 Å². The third kappa shape index (κ3) is 1.29. The molecular formula is C9H12N2. The first kappa shape index (κ1) is 7.92. The minimum atomic E-state index is 0.549. The summed E-state index contributed by atoms with van der Waals surface area (Å²) in [4.78, 5) is 4.04. The van der Waals surface area contributed by atoms with Crippen LogP contribution in [0.25, 0.3) is 0 Å². The lowest BCUT2D eigenvalue weighted by atomic mass is 9.96. The Labute approximate surface area is 66.9 Å². The molecule has 2 nitrogen and oxygen atoms in total. The Balaban J connectivity index is 3.13. The van der Waals surface area contributed by atoms with Crippen LogP contribution in [0.3, 0.4) is 0 Å². The summed E-state index contributed by atoms with van der Waals surface area (Å²) in [5.41, 5.74) is 3.41. The lowest BCUT2D eigenvalue weighted by Gasteiger charge is -2.11. The first-order valence-corrected chi connectivity index (χ1v) is 3.58. The molecule has 0 atom stereocenters. The van der Waals surface area contributed by atoms with Crippen LogP contribution in [0.5, 0.6) is 0 Å². The highest BCUT2D eigenvalue weighted by Crippen LogP contribution is 2.11. The van der Waals surface area contributed by atoms with Crippen LogP contribution in [0, 0.1) is 5.41 Å². The topological polar surface area (TPSA) is 36.2 Å². The number of hydrogen-bond acceptors (Lipinski definition) is 2. The lowest BCUT2D eigenvalue weighted by Crippen LogP contribution is -2.18. The number of nitrogens with one attached hydrogen (secondary N) is 1. The Morgan fingerprint density at radius 1 is 1.18 bits per heavy atom. The lowest BCUT2D eigenvalue weighted by molar-refractivity contribution is 1.37. The second-order valence-corrected chi connectivity index (χ2v) is 2.65. The summed E-state index contributed by atoms with van der Waals surface area (Å²) in [6, 6.07) is 0. The monoisotopic (exact) mass is 148 g/mol. The number of rotatable bonds is 0. The second kappa shape index (κ2) is 2.82. The Bertz CT molecular complexity index is 276. The summed E-state index contributed by atoms with van der Waals surface area (Å²) >= 11 is 0. The molecule has 1 N–H and O–H groups in total. The van der Waals surface area contributed by atoms with Crippen LogP contribution in [0.4, 0.5) is 0 Å². The molecule has 0 aromatic heterocycles. The molecule has 0 aliphatic heterocycles. The van der Waals surface area contributed by atoms with Crippen molar-refractivity contribution in [2.24, 2.45) is 4.99 Å². The summed E-state index contributed by atoms with van der Waals surface area (Å²) in [6.07, 6.45) is 3.95. The van der Waals surface area contributed by atoms with Gasteiger partial charge in [0, 0.05) is 7.05 Å². The van der Waals surface area contributed by atoms with Crippen LogP contribution < -0.4 is 0 Å². The fraction of sp³-hybridized carbons (Fsp3) is 0.333. The van der Waals surface area contributed by atoms with Crippen LogP contribution >= 0.6 is 0 Å². The van der Waals surface area contributed by atoms with Crippen LogP contribution in [0.2, 0.25) is 0 Å². The molecule has 0 heterocycles. The summed E-state index contributed by atoms with van der Waals surface area (Å²) < 4.78 is 0. The molecule has 0 fully saturated rings. The third-order valence-corrected chi connectivity index (χ3v) is 1.81. The Morgan fingerprint density at radius 3 is 2.18 bits per heavy atom. The fourth-order valence-electron chi connectivity index (χ4n) is 1.08. The van der Waals surface area contributed by atoms with Crippen molar-refractivity contribution in [1.29, 1.82) is 5.41 Å². The normalized spacial score (nSPS) is 21.7. The van der Waals surface area contributed by atoms with Crippen molar-refractivity contribution in [1.82, 2.24) is 0 Å². The predicted molar refractivity (Wildman–Crippen MR) is 48.6 cm³/mol. The molecule has 0 unspecified atom stereocenters. The van der Waals surface area contributed by atoms with E-state index >= 15 is 0 Å². The maximum atomic E-state index is 7.64. The van der Waals surface area contributed by atoms with E-state index in [9.17, 15) is 0 Å². The van der Waals surface area contributed by atoms with Gasteiger partial charge >= 0.3 is 0 Å². The van der Waals surface area contributed by atoms with Gasteiger partial charge in [-0.05, 0) is 25.0 Å². The van der Waals surface area contributed by atoms with E-state index in [1.807, 2.05) is 26.0 Å². The molecule has 1 rings (SSSR count). The molecule has 0 saturated heterocycles. The molecule has 1 aliphatic rings. The molecule has 0 spiro atoms. The average Bonchev–Trinajstić information content (AvgIpc) is 1.99. The SMILES string of the molecule is CN=C1C(=N)C(C)=CC=C1C. The standard InChI is InChI=1S/C9H12N2/c1-6-4-5-7(2)9(11-3)8(6)10/h4-5,10H,1-3H3. The highest BCUT2D eigenvalue weighted by Gasteiger charge is 2.12. The molecular weight excluding hydrogens is 136 g/mol. The minimum absolute atomic E-state index is 0.549. The molecule has 0 aromatic carbocycles. The van der Waals surface area contributed by atoms with E-state index in [0.717, 1.165) is 16.9 Å². The van der Waals surface area contributed by atoms with Gasteiger partial charge in [-0.25, -0.2) is 0 Å². The maximum absolute atomic E-state index is 7.64. The number of allylic oxidation sites excluding steroid dienone is 4. The molecule has 2 heteroatoms. The third-order valence-electron chi connectivity index (χ3n) is 1.81. The smallest absolute Gasteiger partial charge is 0.0851 e. The van der Waals surface area contributed by atoms with Crippen molar-refractivity contribution in [3.63, 3.8) is 0 Å². The Morgan fingerprint density at radius 2 is 1.73 bits per heavy atom. The summed E-state index contributed by atoms with van der Waals surface area (Å²) in [5.74, 6) is 0. The van der Waals surface area contributed by atoms with Gasteiger partial charge in [0.15, 0.2) is 0 Å². The van der Waals surface area contributed by atoms with E-state index in [0.29, 0.717) is 5.71 Å². The van der Waals surface area contributed by atoms with Crippen LogP contribution in [-0.2, 0) is 0 Å². The quantitative estimate of drug-likeness (QED) is 0.510. The average molecular weight is 148 g/mol. The van der Waals surface area contributed by atoms with Crippen molar-refractivity contribution in [3.8, 4) is 0 Å². The summed E-state index contributed by atoms with van der Waals surface area (Å²) in [7, 11) is 1.72. The first-order chi connectivity index (χ1) is 5.16. The molecule has 0 saturated carbocycles. The fourth-order valence-corrected chi connectivity index (χ4v) is 1.08. The van der Waals surface area contributed by atoms with E-state index < -0.39 is 0 Å². The zero-order valence-corrected chi connectivity index (χ0v) is 7.10. The Hall–Kier alpha value is -1.18. The molecule has 0 radical (unpaired) electrons. The molecule has 0 aromatic rings. The van der Waals surface area contributed by atoms with Gasteiger partial charge in [-0.15, -0.1) is 0 Å². The summed E-state index contributed by atoms with van der Waals surface area (Å²) in [5, 5.41) is 7.64. The maximum Gasteiger partial charge on any atom is 0.0851 e. The predicted octanol–water partition coefficient (Wildman–Crippen LogP) is 1.98. The van der Waals surface area contributed by atoms with Gasteiger partial charge in [-0.1, -0.05) is 12.2 Å². The van der Waals surface area contributed by atoms with Crippen molar-refractivity contribution in [2.45, 2.75) is 13.8 Å². The first-order valence-electron chi connectivity index (χ1n) is 3.58. The highest BCUT2D eigenvalue weighted by molar-refractivity contribution is 6.53. The van der Waals surface area contributed by atoms with E-state index in [1.54, 1.807) is 7.05 Å². The van der Waals surface area contributed by atoms with Crippen LogP contribution in [0.1, 0.15) is 13.8 Å². The van der Waals surface area contributed by atoms with E-state index in [2.05, 4.69) is 4.99 Å². The second-order valence-electron chi connectivity index (χ2n) is 2.65. The minimum Gasteiger partial charge on any atom is -0.298 e. The van der Waals surface area contributed by atoms with E-state index in [4.69, 9.17) is 5.41 Å². The van der Waals surface area contributed by atoms with Gasteiger partial charge in [0.2, 0.25) is 0 Å². The number of nitrogens with zero attached hydrogens (tertiary/aromatic N) is 1. The summed E-state index contributed by atoms with van der Waals surface area (Å²) in [6.45, 7) is 3.90. The van der Waals surface area contributed by atoms with E-state index in [1.165, 1.54) is 0 Å². The van der Waals surface area contributed by atoms with Crippen molar-refractivity contribution in [3.05, 3.63) is 23.3 Å². The number of aliphatic imine (C=N–C) groups is 1. The molecule has 1 aliphatic carbocycles. The van der Waals surface area contributed by atoms with Crippen molar-refractivity contribution in [2.75, 3.05) is 7.05 Å². The van der Waals surface area contributed by atoms with Gasteiger partial charge in [-0.3, -0.25) is 10.4 Å². The van der Waals surface area contributed by atoms with Gasteiger partial charge in [-0.2, -0.15) is 0 Å². The van der Waals surface area contributed by atoms with Gasteiger partial charge < -0.3 is 0 Å². The van der Waals surface area contributed by atoms with Gasteiger partial charge in [0.25, 0.3) is 0 Å². The molecule has 0 amide bonds. The van der Waals surface area contributed by atoms with Crippen LogP contribution in [-0.4, -0.2) is 18.5 Å². The molecule has 58 valence electrons. The van der Waals surface area contributed by atoms with Gasteiger partial charge in [0.1, 0.15) is 0 Å². The number of hydrogen-bond donors (Lipinski definition) is 1. The van der Waals surface area contributed by atoms with Crippen LogP contribution in [0.15, 0.2) is 28.3 Å².